The van der Waals surface area contributed by atoms with Gasteiger partial charge in [-0.15, -0.1) is 0 Å². The maximum absolute atomic E-state index is 11.0. The van der Waals surface area contributed by atoms with Gasteiger partial charge < -0.3 is 89.6 Å². The molecular formula is C106H173N19O7. The van der Waals surface area contributed by atoms with Gasteiger partial charge in [0, 0.05) is 184 Å². The zero-order chi connectivity index (χ0) is 96.0. The summed E-state index contributed by atoms with van der Waals surface area (Å²) in [6.45, 7) is 49.6. The van der Waals surface area contributed by atoms with Crippen LogP contribution in [-0.2, 0) is 0 Å². The summed E-state index contributed by atoms with van der Waals surface area (Å²) in [6, 6.07) is 29.6. The van der Waals surface area contributed by atoms with Crippen molar-refractivity contribution in [3.63, 3.8) is 0 Å². The average Bonchev–Trinajstić information content (AvgIpc) is 0.765. The van der Waals surface area contributed by atoms with Gasteiger partial charge in [-0.05, 0) is 266 Å². The molecule has 0 aliphatic carbocycles. The topological polar surface area (TPSA) is 271 Å². The van der Waals surface area contributed by atoms with Crippen LogP contribution in [0.5, 0.6) is 0 Å². The molecule has 0 saturated carbocycles. The van der Waals surface area contributed by atoms with Crippen LogP contribution in [0, 0.1) is 0 Å². The van der Waals surface area contributed by atoms with E-state index in [-0.39, 0.29) is 18.3 Å². The van der Waals surface area contributed by atoms with Gasteiger partial charge in [0.1, 0.15) is 0 Å². The van der Waals surface area contributed by atoms with Crippen molar-refractivity contribution >= 4 is 39.8 Å². The summed E-state index contributed by atoms with van der Waals surface area (Å²) >= 11 is 0. The Morgan fingerprint density at radius 1 is 0.280 bits per heavy atom. The number of aliphatic hydroxyl groups excluding tert-OH is 3. The van der Waals surface area contributed by atoms with E-state index in [9.17, 15) is 35.7 Å². The molecule has 8 saturated heterocycles. The quantitative estimate of drug-likeness (QED) is 0.0332. The second kappa shape index (κ2) is 51.9. The van der Waals surface area contributed by atoms with Crippen molar-refractivity contribution in [3.8, 4) is 0 Å². The molecule has 26 nitrogen and oxygen atoms in total. The molecule has 0 amide bonds. The van der Waals surface area contributed by atoms with Gasteiger partial charge in [0.05, 0.1) is 124 Å². The van der Waals surface area contributed by atoms with Crippen molar-refractivity contribution in [2.75, 3.05) is 228 Å². The molecule has 6 atom stereocenters. The molecule has 7 aromatic rings. The van der Waals surface area contributed by atoms with Crippen LogP contribution in [0.25, 0.3) is 0 Å². The molecule has 15 heterocycles. The molecular weight excluding hydrogens is 1650 g/mol. The van der Waals surface area contributed by atoms with E-state index in [0.717, 1.165) is 269 Å². The minimum atomic E-state index is -0.613. The molecule has 15 rings (SSSR count). The van der Waals surface area contributed by atoms with Gasteiger partial charge in [-0.2, -0.15) is 0 Å². The number of pyridine rings is 7. The third kappa shape index (κ3) is 35.1. The third-order valence-corrected chi connectivity index (χ3v) is 26.6. The number of hydrogen-bond acceptors (Lipinski definition) is 26. The fourth-order valence-corrected chi connectivity index (χ4v) is 19.0. The Hall–Kier alpha value is -7.83. The van der Waals surface area contributed by atoms with Gasteiger partial charge in [0.2, 0.25) is 0 Å². The van der Waals surface area contributed by atoms with E-state index in [4.69, 9.17) is 0 Å². The van der Waals surface area contributed by atoms with Crippen LogP contribution in [0.1, 0.15) is 268 Å². The number of β-amino-alcohol motifs (C(OH)–C–C–N with tert-alkyl or cyclic N) is 7. The number of likely N-dealkylation sites (N-methyl/N-ethyl adjacent to an activating group) is 4. The van der Waals surface area contributed by atoms with E-state index in [2.05, 4.69) is 283 Å². The average molecular weight is 1830 g/mol. The Labute approximate surface area is 795 Å². The van der Waals surface area contributed by atoms with E-state index >= 15 is 0 Å². The first-order valence-corrected chi connectivity index (χ1v) is 49.9. The first kappa shape index (κ1) is 108. The van der Waals surface area contributed by atoms with E-state index < -0.39 is 22.4 Å². The van der Waals surface area contributed by atoms with Crippen LogP contribution < -0.4 is 34.3 Å². The lowest BCUT2D eigenvalue weighted by Crippen LogP contribution is -2.54. The molecule has 0 spiro atoms. The molecule has 8 fully saturated rings. The monoisotopic (exact) mass is 1820 g/mol. The first-order valence-electron chi connectivity index (χ1n) is 49.9. The van der Waals surface area contributed by atoms with Crippen LogP contribution in [0.3, 0.4) is 0 Å². The van der Waals surface area contributed by atoms with Gasteiger partial charge in [-0.3, -0.25) is 39.8 Å². The largest absolute Gasteiger partial charge is 0.391 e. The number of rotatable bonds is 22. The lowest BCUT2D eigenvalue weighted by molar-refractivity contribution is -0.0251. The van der Waals surface area contributed by atoms with Crippen molar-refractivity contribution in [2.45, 2.75) is 269 Å². The van der Waals surface area contributed by atoms with Gasteiger partial charge in [0.25, 0.3) is 0 Å². The highest BCUT2D eigenvalue weighted by atomic mass is 16.3. The molecule has 2 unspecified atom stereocenters. The molecule has 132 heavy (non-hydrogen) atoms. The minimum Gasteiger partial charge on any atom is -0.391 e. The molecule has 0 bridgehead atoms. The van der Waals surface area contributed by atoms with Crippen molar-refractivity contribution in [2.24, 2.45) is 0 Å². The molecule has 0 aromatic carbocycles. The summed E-state index contributed by atoms with van der Waals surface area (Å²) in [7, 11) is 14.2. The highest BCUT2D eigenvalue weighted by Gasteiger charge is 2.39. The Balaban J connectivity index is 0.000000174. The first-order chi connectivity index (χ1) is 62.6. The Kier molecular flexibility index (Phi) is 42.4. The van der Waals surface area contributed by atoms with Crippen molar-refractivity contribution in [1.29, 1.82) is 0 Å². The molecule has 0 radical (unpaired) electrons. The highest BCUT2D eigenvalue weighted by Crippen LogP contribution is 2.34. The summed E-state index contributed by atoms with van der Waals surface area (Å²) in [5.41, 5.74) is 13.4. The second-order valence-corrected chi connectivity index (χ2v) is 42.2. The number of aliphatic hydroxyl groups is 7. The van der Waals surface area contributed by atoms with E-state index in [1.165, 1.54) is 5.69 Å². The van der Waals surface area contributed by atoms with Crippen molar-refractivity contribution in [1.82, 2.24) is 59.4 Å². The zero-order valence-corrected chi connectivity index (χ0v) is 85.0. The van der Waals surface area contributed by atoms with Crippen LogP contribution in [0.4, 0.5) is 39.8 Å². The number of piperidine rings is 7. The van der Waals surface area contributed by atoms with Crippen molar-refractivity contribution < 1.29 is 35.7 Å². The third-order valence-electron chi connectivity index (χ3n) is 26.6. The summed E-state index contributed by atoms with van der Waals surface area (Å²) in [5, 5.41) is 72.0. The van der Waals surface area contributed by atoms with E-state index in [1.54, 1.807) is 0 Å². The summed E-state index contributed by atoms with van der Waals surface area (Å²) in [4.78, 5) is 58.2. The van der Waals surface area contributed by atoms with Gasteiger partial charge in [0.15, 0.2) is 0 Å². The molecule has 734 valence electrons. The standard InChI is InChI=1S/C19H32N4O.3C16H27N3O.3C13H20N2O/c1-16(2)18-5-4-17(14-20-18)23-8-6-19(24,7-9-23)15-22-12-10-21(3)11-13-22;3*1-13(2)15-7-6-14(10-17-15)19-9-5-8-16(20,12-19)11-18(3)4;3*1-10(2)13-6-5-11(8-14-13)15-7-3-4-12(16)9-15/h4-5,14,16,24H,6-13,15H2,1-3H3;3*6-7,10,13,20H,5,8-9,11-12H2,1-4H3;3*5-6,8,10,12,16H,3-4,7,9H2,1-2H3/t;2*16-;;2*12-;/m.10.10./s1. The molecule has 7 aromatic heterocycles. The summed E-state index contributed by atoms with van der Waals surface area (Å²) < 4.78 is 0. The normalized spacial score (nSPS) is 22.7. The fraction of sp³-hybridized carbons (Fsp3) is 0.670. The van der Waals surface area contributed by atoms with Crippen LogP contribution in [0.15, 0.2) is 128 Å². The van der Waals surface area contributed by atoms with Crippen LogP contribution in [-0.4, -0.2) is 329 Å². The lowest BCUT2D eigenvalue weighted by atomic mass is 9.90. The van der Waals surface area contributed by atoms with Gasteiger partial charge in [-0.25, -0.2) is 0 Å². The smallest absolute Gasteiger partial charge is 0.0948 e. The molecule has 8 aliphatic rings. The van der Waals surface area contributed by atoms with Crippen LogP contribution in [0.2, 0.25) is 0 Å². The number of nitrogens with zero attached hydrogens (tertiary/aromatic N) is 19. The van der Waals surface area contributed by atoms with E-state index in [0.29, 0.717) is 80.7 Å². The number of hydrogen-bond donors (Lipinski definition) is 7. The second-order valence-electron chi connectivity index (χ2n) is 42.2. The predicted molar refractivity (Wildman–Crippen MR) is 546 cm³/mol. The molecule has 7 N–H and O–H groups in total. The van der Waals surface area contributed by atoms with Crippen LogP contribution >= 0.6 is 0 Å². The van der Waals surface area contributed by atoms with Gasteiger partial charge in [-0.1, -0.05) is 96.9 Å². The van der Waals surface area contributed by atoms with E-state index in [1.807, 2.05) is 85.7 Å². The zero-order valence-electron chi connectivity index (χ0n) is 85.0. The van der Waals surface area contributed by atoms with Gasteiger partial charge >= 0.3 is 0 Å². The minimum absolute atomic E-state index is 0.182. The lowest BCUT2D eigenvalue weighted by Gasteiger charge is -2.43. The molecule has 26 heteroatoms. The number of anilines is 7. The maximum Gasteiger partial charge on any atom is 0.0948 e. The SMILES string of the molecule is CC(C)c1ccc(N2CCC(O)(CN3CCN(C)CC3)CC2)cn1.CC(C)c1ccc(N2CCCC(O)(CN(C)C)C2)cn1.CC(C)c1ccc(N2CCCC(O)C2)cn1.CC(C)c1ccc(N2CCC[C@@H](O)C2)cn1.CC(C)c1ccc(N2CCC[C@@](O)(CN(C)C)C2)cn1.CC(C)c1ccc(N2CCC[C@H](O)C2)cn1.CC(C)c1ccc(N2CCC[C@](O)(CN(C)C)C2)cn1. The predicted octanol–water partition coefficient (Wildman–Crippen LogP) is 14.6. The summed E-state index contributed by atoms with van der Waals surface area (Å²) in [5.74, 6) is 3.25. The molecule has 8 aliphatic heterocycles. The number of aromatic nitrogens is 7. The highest BCUT2D eigenvalue weighted by molar-refractivity contribution is 5.51. The number of piperazine rings is 1. The maximum atomic E-state index is 11.0. The fourth-order valence-electron chi connectivity index (χ4n) is 19.0. The van der Waals surface area contributed by atoms with Crippen molar-refractivity contribution in [3.05, 3.63) is 168 Å². The Morgan fingerprint density at radius 2 is 0.500 bits per heavy atom. The summed E-state index contributed by atoms with van der Waals surface area (Å²) in [6.07, 6.45) is 26.4. The Bertz CT molecular complexity index is 4000. The Morgan fingerprint density at radius 3 is 0.705 bits per heavy atom.